The first kappa shape index (κ1) is 92.6. The summed E-state index contributed by atoms with van der Waals surface area (Å²) in [6.07, 6.45) is 0. The summed E-state index contributed by atoms with van der Waals surface area (Å²) in [7, 11) is 19.3. The summed E-state index contributed by atoms with van der Waals surface area (Å²) in [5, 5.41) is 4.10. The molecule has 0 fully saturated rings. The lowest BCUT2D eigenvalue weighted by Crippen LogP contribution is -2.45. The van der Waals surface area contributed by atoms with Crippen molar-refractivity contribution in [1.29, 1.82) is 0 Å². The highest BCUT2D eigenvalue weighted by atomic mass is 32.2. The van der Waals surface area contributed by atoms with E-state index in [1.165, 1.54) is 39.2 Å². The molecule has 9 rings (SSSR count). The Morgan fingerprint density at radius 2 is 0.339 bits per heavy atom. The zero-order valence-corrected chi connectivity index (χ0v) is 80.3. The van der Waals surface area contributed by atoms with Gasteiger partial charge in [-0.2, -0.15) is 0 Å². The number of hydrogen-bond acceptors (Lipinski definition) is 14. The highest BCUT2D eigenvalue weighted by molar-refractivity contribution is 8.03. The largest absolute Gasteiger partial charge is 0.326 e. The van der Waals surface area contributed by atoms with Gasteiger partial charge in [0.1, 0.15) is 22.6 Å². The third kappa shape index (κ3) is 22.8. The topological polar surface area (TPSA) is 109 Å². The molecule has 0 saturated carbocycles. The molecule has 3 aromatic heterocycles. The lowest BCUT2D eigenvalue weighted by Gasteiger charge is -2.32. The third-order valence-corrected chi connectivity index (χ3v) is 36.2. The molecule has 2 aliphatic rings. The minimum Gasteiger partial charge on any atom is -0.326 e. The Balaban J connectivity index is 1.44. The van der Waals surface area contributed by atoms with E-state index in [-0.39, 0.29) is 0 Å². The van der Waals surface area contributed by atoms with Crippen LogP contribution in [0.3, 0.4) is 0 Å². The Hall–Kier alpha value is -3.28. The van der Waals surface area contributed by atoms with E-state index >= 15 is 0 Å². The second-order valence-corrected chi connectivity index (χ2v) is 42.7. The molecule has 7 aromatic rings. The summed E-state index contributed by atoms with van der Waals surface area (Å²) in [5.74, 6) is 10.6. The van der Waals surface area contributed by atoms with Crippen LogP contribution < -0.4 is 0 Å². The minimum absolute atomic E-state index is 0.651. The molecule has 618 valence electrons. The first-order valence-electron chi connectivity index (χ1n) is 42.7. The van der Waals surface area contributed by atoms with Crippen LogP contribution in [0.1, 0.15) is 111 Å². The van der Waals surface area contributed by atoms with Crippen LogP contribution in [0.25, 0.3) is 89.7 Å². The van der Waals surface area contributed by atoms with Gasteiger partial charge in [0.15, 0.2) is 23.3 Å². The van der Waals surface area contributed by atoms with Crippen molar-refractivity contribution in [3.8, 4) is 45.6 Å². The van der Waals surface area contributed by atoms with Crippen molar-refractivity contribution >= 4 is 138 Å². The quantitative estimate of drug-likeness (QED) is 0.0279. The van der Waals surface area contributed by atoms with E-state index in [4.69, 9.17) is 29.9 Å². The van der Waals surface area contributed by atoms with Gasteiger partial charge < -0.3 is 45.8 Å². The number of hydrogen-bond donors (Lipinski definition) is 2. The summed E-state index contributed by atoms with van der Waals surface area (Å²) in [4.78, 5) is 53.5. The average molecular weight is 1680 g/mol. The number of nitrogens with one attached hydrogen (secondary N) is 2. The van der Waals surface area contributed by atoms with Crippen LogP contribution in [0.4, 0.5) is 0 Å². The molecular formula is C88H146N16S8+8. The Labute approximate surface area is 711 Å². The van der Waals surface area contributed by atoms with Crippen molar-refractivity contribution < 1.29 is 35.9 Å². The lowest BCUT2D eigenvalue weighted by molar-refractivity contribution is -0.903. The van der Waals surface area contributed by atoms with E-state index in [1.807, 2.05) is 94.1 Å². The van der Waals surface area contributed by atoms with Gasteiger partial charge in [-0.25, -0.2) is 29.9 Å². The van der Waals surface area contributed by atoms with Gasteiger partial charge in [-0.05, 0) is 159 Å². The maximum atomic E-state index is 5.92. The number of thioether (sulfide) groups is 8. The van der Waals surface area contributed by atoms with Crippen molar-refractivity contribution in [2.75, 3.05) is 259 Å². The molecule has 0 spiro atoms. The molecule has 5 heterocycles. The number of aromatic amines is 2. The van der Waals surface area contributed by atoms with Crippen molar-refractivity contribution in [2.45, 2.75) is 150 Å². The maximum absolute atomic E-state index is 5.92. The van der Waals surface area contributed by atoms with Crippen LogP contribution in [-0.4, -0.2) is 335 Å². The SMILES string of the molecule is CC[N+](C)(CC)CCSc1cc2c(cc1SCC[N+](C)(CC)CC)-c1nc-2nc2[nH]c(nc3nc(nc4[nH]c(n1)c1cc(SCC[N+](C)(CC)CC)c(SCC[N+](C)(CC)CC)cc41)-c1cc(SCC[N+](C)(CC)CC)c(SCC[N+](C)(CC)CC)cc1-3)c1cc(SCC[N+](C)(CC)CC)c(SCC[N+](C)(CC)CC)cc21. The first-order chi connectivity index (χ1) is 53.5. The van der Waals surface area contributed by atoms with Gasteiger partial charge in [0, 0.05) is 129 Å². The maximum Gasteiger partial charge on any atom is 0.164 e. The molecule has 8 bridgehead atoms. The van der Waals surface area contributed by atoms with Gasteiger partial charge in [-0.15, -0.1) is 94.1 Å². The number of H-pyrrole nitrogens is 2. The van der Waals surface area contributed by atoms with Crippen LogP contribution >= 0.6 is 94.1 Å². The Bertz CT molecular complexity index is 3880. The lowest BCUT2D eigenvalue weighted by atomic mass is 10.1. The van der Waals surface area contributed by atoms with Crippen molar-refractivity contribution in [2.24, 2.45) is 0 Å². The Kier molecular flexibility index (Phi) is 34.0. The number of rotatable bonds is 48. The molecule has 2 N–H and O–H groups in total. The second kappa shape index (κ2) is 41.1. The smallest absolute Gasteiger partial charge is 0.164 e. The third-order valence-electron chi connectivity index (χ3n) is 27.4. The molecular weight excluding hydrogens is 1540 g/mol. The first-order valence-corrected chi connectivity index (χ1v) is 50.6. The number of benzene rings is 4. The highest BCUT2D eigenvalue weighted by Gasteiger charge is 2.31. The van der Waals surface area contributed by atoms with E-state index in [9.17, 15) is 0 Å². The van der Waals surface area contributed by atoms with E-state index in [1.54, 1.807) is 0 Å². The van der Waals surface area contributed by atoms with Gasteiger partial charge in [0.2, 0.25) is 0 Å². The monoisotopic (exact) mass is 1680 g/mol. The average Bonchev–Trinajstić information content (AvgIpc) is 1.59. The van der Waals surface area contributed by atoms with Crippen LogP contribution in [-0.2, 0) is 0 Å². The predicted octanol–water partition coefficient (Wildman–Crippen LogP) is 19.5. The molecule has 112 heavy (non-hydrogen) atoms. The molecule has 24 heteroatoms. The zero-order valence-electron chi connectivity index (χ0n) is 73.8. The van der Waals surface area contributed by atoms with Gasteiger partial charge in [0.25, 0.3) is 0 Å². The Morgan fingerprint density at radius 3 is 0.473 bits per heavy atom. The van der Waals surface area contributed by atoms with Gasteiger partial charge in [-0.1, -0.05) is 0 Å². The molecule has 16 nitrogen and oxygen atoms in total. The number of fused-ring (bicyclic) bond motifs is 20. The van der Waals surface area contributed by atoms with E-state index in [0.29, 0.717) is 23.3 Å². The van der Waals surface area contributed by atoms with Crippen LogP contribution in [0.2, 0.25) is 0 Å². The normalized spacial score (nSPS) is 13.4. The molecule has 0 amide bonds. The van der Waals surface area contributed by atoms with Crippen LogP contribution in [0, 0.1) is 0 Å². The molecule has 0 unspecified atom stereocenters. The standard InChI is InChI=1S/C88H146N16S8/c1-25-97(17,26-2)41-49-105-73-57-65-66(58-74(73)106-50-42-98(18,27-3)28-4)82-89-81(65)93-83-67-59-75(107-51-43-99(19,29-5)30-6)76(108-52-44-100(20,31-7)32-8)60-68(67)85(90-83)95-87-71-63-79(111-55-47-103(23,37-13)38-14)80(112-56-48-104(24,39-15)40-16)64-72(71)88(92-87)96-86-70-62-78(110-54-46-102(22,35-11)36-12)77(61-69(70)84(91-86)94-82)109-53-45-101(21,33-9)34-10/h57-64H,25-56H2,1-24H3,(H2,89,90,91,92,93,94,95,96)/q+8. The van der Waals surface area contributed by atoms with E-state index < -0.39 is 0 Å². The van der Waals surface area contributed by atoms with E-state index in [0.717, 1.165) is 305 Å². The fraction of sp³-hybridized carbons (Fsp3) is 0.636. The summed E-state index contributed by atoms with van der Waals surface area (Å²) in [5.41, 5.74) is 6.95. The molecule has 0 saturated heterocycles. The molecule has 0 atom stereocenters. The predicted molar refractivity (Wildman–Crippen MR) is 499 cm³/mol. The fourth-order valence-electron chi connectivity index (χ4n) is 14.0. The van der Waals surface area contributed by atoms with Gasteiger partial charge in [0.05, 0.1) is 213 Å². The summed E-state index contributed by atoms with van der Waals surface area (Å²) in [6.45, 7) is 63.5. The zero-order chi connectivity index (χ0) is 81.5. The van der Waals surface area contributed by atoms with Crippen molar-refractivity contribution in [1.82, 2.24) is 39.9 Å². The fourth-order valence-corrected chi connectivity index (χ4v) is 24.7. The van der Waals surface area contributed by atoms with Crippen LogP contribution in [0.15, 0.2) is 87.7 Å². The molecule has 4 aromatic carbocycles. The molecule has 0 radical (unpaired) electrons. The van der Waals surface area contributed by atoms with Crippen molar-refractivity contribution in [3.05, 3.63) is 48.5 Å². The molecule has 2 aliphatic heterocycles. The van der Waals surface area contributed by atoms with Gasteiger partial charge in [-0.3, -0.25) is 0 Å². The number of nitrogens with zero attached hydrogens (tertiary/aromatic N) is 14. The number of quaternary nitrogens is 8. The summed E-state index contributed by atoms with van der Waals surface area (Å²) < 4.78 is 8.22. The van der Waals surface area contributed by atoms with Gasteiger partial charge >= 0.3 is 0 Å². The van der Waals surface area contributed by atoms with Crippen molar-refractivity contribution in [3.63, 3.8) is 0 Å². The minimum atomic E-state index is 0.651. The highest BCUT2D eigenvalue weighted by Crippen LogP contribution is 2.47. The molecule has 0 aliphatic carbocycles. The van der Waals surface area contributed by atoms with E-state index in [2.05, 4.69) is 226 Å². The number of aromatic nitrogens is 8. The second-order valence-electron chi connectivity index (χ2n) is 33.6. The summed E-state index contributed by atoms with van der Waals surface area (Å²) in [6, 6.07) is 19.5. The Morgan fingerprint density at radius 1 is 0.205 bits per heavy atom. The van der Waals surface area contributed by atoms with Crippen LogP contribution in [0.5, 0.6) is 0 Å². The summed E-state index contributed by atoms with van der Waals surface area (Å²) >= 11 is 16.0.